The number of pyridine rings is 3. The lowest BCUT2D eigenvalue weighted by Gasteiger charge is -2.10. The third-order valence-electron chi connectivity index (χ3n) is 4.62. The van der Waals surface area contributed by atoms with Crippen molar-refractivity contribution in [2.45, 2.75) is 6.54 Å². The van der Waals surface area contributed by atoms with Crippen LogP contribution < -0.4 is 10.9 Å². The highest BCUT2D eigenvalue weighted by Gasteiger charge is 2.15. The molecule has 5 aromatic rings. The van der Waals surface area contributed by atoms with Gasteiger partial charge < -0.3 is 15.3 Å². The SMILES string of the molecule is O=c1[nH]ccc2c1[nH]c1c3ccncc3nc(NCc3cccc(Cl)c3)c21. The lowest BCUT2D eigenvalue weighted by atomic mass is 10.1. The standard InChI is InChI=1S/C20H14ClN5O/c21-12-3-1-2-11(8-12)9-24-19-16-14-5-7-23-20(27)18(14)26-17(16)13-4-6-22-10-15(13)25-19/h1-8,10,26H,9H2,(H,23,27)(H,24,25). The first-order chi connectivity index (χ1) is 13.2. The van der Waals surface area contributed by atoms with Gasteiger partial charge in [0.2, 0.25) is 0 Å². The van der Waals surface area contributed by atoms with Crippen molar-refractivity contribution < 1.29 is 0 Å². The van der Waals surface area contributed by atoms with Crippen LogP contribution in [-0.4, -0.2) is 19.9 Å². The fourth-order valence-electron chi connectivity index (χ4n) is 3.40. The molecule has 6 nitrogen and oxygen atoms in total. The van der Waals surface area contributed by atoms with Crippen LogP contribution in [0.25, 0.3) is 32.7 Å². The summed E-state index contributed by atoms with van der Waals surface area (Å²) in [5.41, 5.74) is 3.03. The first-order valence-corrected chi connectivity index (χ1v) is 8.83. The van der Waals surface area contributed by atoms with E-state index in [1.807, 2.05) is 36.4 Å². The predicted octanol–water partition coefficient (Wildman–Crippen LogP) is 4.22. The van der Waals surface area contributed by atoms with Crippen molar-refractivity contribution in [3.63, 3.8) is 0 Å². The zero-order valence-electron chi connectivity index (χ0n) is 14.1. The number of hydrogen-bond acceptors (Lipinski definition) is 4. The first kappa shape index (κ1) is 15.8. The van der Waals surface area contributed by atoms with Crippen LogP contribution in [-0.2, 0) is 6.54 Å². The summed E-state index contributed by atoms with van der Waals surface area (Å²) in [6.45, 7) is 0.560. The summed E-state index contributed by atoms with van der Waals surface area (Å²) >= 11 is 6.08. The van der Waals surface area contributed by atoms with Gasteiger partial charge >= 0.3 is 0 Å². The normalized spacial score (nSPS) is 11.4. The van der Waals surface area contributed by atoms with Crippen molar-refractivity contribution in [3.05, 3.63) is 75.9 Å². The van der Waals surface area contributed by atoms with E-state index in [9.17, 15) is 4.79 Å². The smallest absolute Gasteiger partial charge is 0.272 e. The van der Waals surface area contributed by atoms with Crippen LogP contribution in [0.4, 0.5) is 5.82 Å². The lowest BCUT2D eigenvalue weighted by Crippen LogP contribution is -2.04. The second kappa shape index (κ2) is 6.10. The van der Waals surface area contributed by atoms with E-state index in [0.717, 1.165) is 32.8 Å². The molecule has 0 aliphatic heterocycles. The number of fused-ring (bicyclic) bond motifs is 5. The number of hydrogen-bond donors (Lipinski definition) is 3. The van der Waals surface area contributed by atoms with Crippen molar-refractivity contribution in [2.75, 3.05) is 5.32 Å². The minimum Gasteiger partial charge on any atom is -0.365 e. The summed E-state index contributed by atoms with van der Waals surface area (Å²) in [5, 5.41) is 6.71. The Kier molecular flexibility index (Phi) is 3.58. The van der Waals surface area contributed by atoms with Gasteiger partial charge in [0, 0.05) is 34.7 Å². The Morgan fingerprint density at radius 2 is 2.04 bits per heavy atom. The van der Waals surface area contributed by atoms with Crippen molar-refractivity contribution >= 4 is 50.1 Å². The highest BCUT2D eigenvalue weighted by atomic mass is 35.5. The summed E-state index contributed by atoms with van der Waals surface area (Å²) in [5.74, 6) is 0.697. The van der Waals surface area contributed by atoms with E-state index in [2.05, 4.69) is 20.3 Å². The molecule has 0 atom stereocenters. The van der Waals surface area contributed by atoms with Crippen LogP contribution in [0.15, 0.2) is 59.8 Å². The lowest BCUT2D eigenvalue weighted by molar-refractivity contribution is 1.13. The van der Waals surface area contributed by atoms with Gasteiger partial charge in [-0.3, -0.25) is 9.78 Å². The Labute approximate surface area is 158 Å². The highest BCUT2D eigenvalue weighted by Crippen LogP contribution is 2.33. The number of aromatic amines is 2. The minimum atomic E-state index is -0.160. The molecule has 0 aliphatic rings. The third kappa shape index (κ3) is 2.62. The Morgan fingerprint density at radius 3 is 2.93 bits per heavy atom. The van der Waals surface area contributed by atoms with Gasteiger partial charge in [0.05, 0.1) is 22.6 Å². The van der Waals surface area contributed by atoms with Crippen LogP contribution in [0.3, 0.4) is 0 Å². The quantitative estimate of drug-likeness (QED) is 0.440. The van der Waals surface area contributed by atoms with E-state index in [0.29, 0.717) is 22.9 Å². The van der Waals surface area contributed by atoms with Crippen LogP contribution in [0.5, 0.6) is 0 Å². The maximum Gasteiger partial charge on any atom is 0.272 e. The molecule has 1 aromatic carbocycles. The summed E-state index contributed by atoms with van der Waals surface area (Å²) in [6, 6.07) is 11.4. The van der Waals surface area contributed by atoms with Crippen LogP contribution >= 0.6 is 11.6 Å². The molecule has 0 amide bonds. The molecule has 0 bridgehead atoms. The molecule has 0 unspecified atom stereocenters. The van der Waals surface area contributed by atoms with Crippen molar-refractivity contribution in [3.8, 4) is 0 Å². The molecule has 5 rings (SSSR count). The minimum absolute atomic E-state index is 0.160. The van der Waals surface area contributed by atoms with Gasteiger partial charge in [-0.2, -0.15) is 0 Å². The monoisotopic (exact) mass is 375 g/mol. The molecule has 0 saturated heterocycles. The maximum atomic E-state index is 12.3. The number of benzene rings is 1. The number of H-pyrrole nitrogens is 2. The Bertz CT molecular complexity index is 1370. The number of aromatic nitrogens is 4. The van der Waals surface area contributed by atoms with Crippen molar-refractivity contribution in [1.82, 2.24) is 19.9 Å². The molecule has 4 heterocycles. The Balaban J connectivity index is 1.75. The largest absolute Gasteiger partial charge is 0.365 e. The summed E-state index contributed by atoms with van der Waals surface area (Å²) in [4.78, 5) is 27.2. The van der Waals surface area contributed by atoms with Crippen LogP contribution in [0, 0.1) is 0 Å². The molecule has 27 heavy (non-hydrogen) atoms. The van der Waals surface area contributed by atoms with Gasteiger partial charge in [-0.05, 0) is 29.8 Å². The summed E-state index contributed by atoms with van der Waals surface area (Å²) < 4.78 is 0. The summed E-state index contributed by atoms with van der Waals surface area (Å²) in [7, 11) is 0. The van der Waals surface area contributed by atoms with Gasteiger partial charge in [-0.1, -0.05) is 23.7 Å². The molecule has 0 fully saturated rings. The van der Waals surface area contributed by atoms with E-state index in [-0.39, 0.29) is 5.56 Å². The molecule has 0 radical (unpaired) electrons. The zero-order valence-corrected chi connectivity index (χ0v) is 14.8. The number of halogens is 1. The summed E-state index contributed by atoms with van der Waals surface area (Å²) in [6.07, 6.45) is 5.09. The van der Waals surface area contributed by atoms with E-state index >= 15 is 0 Å². The van der Waals surface area contributed by atoms with E-state index in [1.54, 1.807) is 18.6 Å². The van der Waals surface area contributed by atoms with Gasteiger partial charge in [0.25, 0.3) is 5.56 Å². The van der Waals surface area contributed by atoms with Crippen molar-refractivity contribution in [2.24, 2.45) is 0 Å². The Hall–Kier alpha value is -3.38. The van der Waals surface area contributed by atoms with Gasteiger partial charge in [-0.15, -0.1) is 0 Å². The average Bonchev–Trinajstić information content (AvgIpc) is 3.08. The van der Waals surface area contributed by atoms with Gasteiger partial charge in [-0.25, -0.2) is 4.98 Å². The maximum absolute atomic E-state index is 12.3. The third-order valence-corrected chi connectivity index (χ3v) is 4.85. The molecule has 4 aromatic heterocycles. The molecule has 0 saturated carbocycles. The molecule has 132 valence electrons. The second-order valence-corrected chi connectivity index (χ2v) is 6.74. The molecule has 0 spiro atoms. The van der Waals surface area contributed by atoms with E-state index in [1.165, 1.54) is 0 Å². The van der Waals surface area contributed by atoms with Gasteiger partial charge in [0.1, 0.15) is 11.3 Å². The fraction of sp³-hybridized carbons (Fsp3) is 0.0500. The average molecular weight is 376 g/mol. The zero-order chi connectivity index (χ0) is 18.4. The number of nitrogens with one attached hydrogen (secondary N) is 3. The predicted molar refractivity (Wildman–Crippen MR) is 108 cm³/mol. The number of rotatable bonds is 3. The van der Waals surface area contributed by atoms with Crippen molar-refractivity contribution in [1.29, 1.82) is 0 Å². The molecule has 7 heteroatoms. The number of anilines is 1. The topological polar surface area (TPSA) is 86.5 Å². The molecular weight excluding hydrogens is 362 g/mol. The van der Waals surface area contributed by atoms with E-state index < -0.39 is 0 Å². The Morgan fingerprint density at radius 1 is 1.11 bits per heavy atom. The fourth-order valence-corrected chi connectivity index (χ4v) is 3.62. The first-order valence-electron chi connectivity index (χ1n) is 8.46. The molecule has 3 N–H and O–H groups in total. The molecular formula is C20H14ClN5O. The highest BCUT2D eigenvalue weighted by molar-refractivity contribution is 6.30. The molecule has 0 aliphatic carbocycles. The van der Waals surface area contributed by atoms with Crippen LogP contribution in [0.2, 0.25) is 5.02 Å². The van der Waals surface area contributed by atoms with Gasteiger partial charge in [0.15, 0.2) is 0 Å². The van der Waals surface area contributed by atoms with E-state index in [4.69, 9.17) is 16.6 Å². The second-order valence-electron chi connectivity index (χ2n) is 6.31. The van der Waals surface area contributed by atoms with Crippen LogP contribution in [0.1, 0.15) is 5.56 Å². The number of nitrogens with zero attached hydrogens (tertiary/aromatic N) is 2.